The van der Waals surface area contributed by atoms with E-state index in [-0.39, 0.29) is 43.8 Å². The number of rotatable bonds is 3. The molecule has 0 rings (SSSR count). The van der Waals surface area contributed by atoms with Crippen molar-refractivity contribution in [1.82, 2.24) is 0 Å². The standard InChI is InChI=1S/C6H14O.Ca.2H/c1-3-4-5-6(2)7;;;/h6-7H,3-5H2,1-2H3;;;. The Bertz CT molecular complexity index is 37.5. The molecule has 1 N–H and O–H groups in total. The van der Waals surface area contributed by atoms with Crippen molar-refractivity contribution in [2.24, 2.45) is 0 Å². The zero-order valence-electron chi connectivity index (χ0n) is 5.15. The van der Waals surface area contributed by atoms with E-state index in [9.17, 15) is 0 Å². The van der Waals surface area contributed by atoms with Crippen molar-refractivity contribution in [2.75, 3.05) is 0 Å². The second kappa shape index (κ2) is 8.22. The van der Waals surface area contributed by atoms with Gasteiger partial charge in [0.25, 0.3) is 0 Å². The van der Waals surface area contributed by atoms with Gasteiger partial charge in [0.1, 0.15) is 0 Å². The third-order valence-corrected chi connectivity index (χ3v) is 0.975. The number of aliphatic hydroxyl groups excluding tert-OH is 1. The van der Waals surface area contributed by atoms with Crippen LogP contribution in [0, 0.1) is 0 Å². The Labute approximate surface area is 81.5 Å². The Balaban J connectivity index is 0. The fourth-order valence-corrected chi connectivity index (χ4v) is 0.500. The summed E-state index contributed by atoms with van der Waals surface area (Å²) in [4.78, 5) is 0. The molecule has 8 heavy (non-hydrogen) atoms. The predicted octanol–water partition coefficient (Wildman–Crippen LogP) is 0.641. The first-order valence-electron chi connectivity index (χ1n) is 2.95. The first-order chi connectivity index (χ1) is 3.27. The van der Waals surface area contributed by atoms with Crippen LogP contribution in [0.1, 0.15) is 33.1 Å². The summed E-state index contributed by atoms with van der Waals surface area (Å²) in [6.45, 7) is 3.96. The Kier molecular flexibility index (Phi) is 12.3. The molecule has 0 aromatic carbocycles. The van der Waals surface area contributed by atoms with E-state index in [4.69, 9.17) is 5.11 Å². The van der Waals surface area contributed by atoms with Crippen molar-refractivity contribution in [1.29, 1.82) is 0 Å². The molecule has 0 aliphatic heterocycles. The van der Waals surface area contributed by atoms with Crippen LogP contribution in [0.4, 0.5) is 0 Å². The van der Waals surface area contributed by atoms with E-state index < -0.39 is 0 Å². The van der Waals surface area contributed by atoms with Gasteiger partial charge in [0.05, 0.1) is 6.10 Å². The van der Waals surface area contributed by atoms with Gasteiger partial charge in [-0.2, -0.15) is 0 Å². The molecule has 1 nitrogen and oxygen atoms in total. The quantitative estimate of drug-likeness (QED) is 0.576. The van der Waals surface area contributed by atoms with Gasteiger partial charge in [-0.15, -0.1) is 0 Å². The second-order valence-corrected chi connectivity index (χ2v) is 1.99. The van der Waals surface area contributed by atoms with E-state index in [1.54, 1.807) is 0 Å². The van der Waals surface area contributed by atoms with Crippen molar-refractivity contribution < 1.29 is 5.11 Å². The minimum atomic E-state index is -0.0973. The molecular formula is C6H16CaO. The Hall–Kier alpha value is 1.22. The second-order valence-electron chi connectivity index (χ2n) is 1.99. The summed E-state index contributed by atoms with van der Waals surface area (Å²) < 4.78 is 0. The van der Waals surface area contributed by atoms with E-state index in [0.29, 0.717) is 0 Å². The van der Waals surface area contributed by atoms with Gasteiger partial charge in [-0.25, -0.2) is 0 Å². The molecule has 48 valence electrons. The van der Waals surface area contributed by atoms with Crippen LogP contribution in [0.5, 0.6) is 0 Å². The summed E-state index contributed by atoms with van der Waals surface area (Å²) in [6, 6.07) is 0. The normalized spacial score (nSPS) is 12.4. The topological polar surface area (TPSA) is 20.2 Å². The molecule has 0 aliphatic rings. The first-order valence-corrected chi connectivity index (χ1v) is 2.95. The third-order valence-electron chi connectivity index (χ3n) is 0.975. The maximum atomic E-state index is 8.68. The average Bonchev–Trinajstić information content (AvgIpc) is 1.61. The van der Waals surface area contributed by atoms with Crippen LogP contribution in [-0.4, -0.2) is 48.9 Å². The molecule has 0 aromatic heterocycles. The number of unbranched alkanes of at least 4 members (excludes halogenated alkanes) is 1. The number of hydrogen-bond donors (Lipinski definition) is 1. The van der Waals surface area contributed by atoms with Crippen LogP contribution >= 0.6 is 0 Å². The van der Waals surface area contributed by atoms with Crippen molar-refractivity contribution in [3.8, 4) is 0 Å². The molecule has 0 amide bonds. The summed E-state index contributed by atoms with van der Waals surface area (Å²) in [5, 5.41) is 8.68. The van der Waals surface area contributed by atoms with E-state index >= 15 is 0 Å². The number of aliphatic hydroxyl groups is 1. The van der Waals surface area contributed by atoms with E-state index in [0.717, 1.165) is 12.8 Å². The maximum absolute atomic E-state index is 8.68. The van der Waals surface area contributed by atoms with Crippen molar-refractivity contribution in [2.45, 2.75) is 39.2 Å². The first kappa shape index (κ1) is 12.0. The summed E-state index contributed by atoms with van der Waals surface area (Å²) in [6.07, 6.45) is 3.19. The zero-order valence-corrected chi connectivity index (χ0v) is 5.15. The van der Waals surface area contributed by atoms with Crippen LogP contribution in [-0.2, 0) is 0 Å². The molecule has 1 atom stereocenters. The van der Waals surface area contributed by atoms with Gasteiger partial charge < -0.3 is 5.11 Å². The molecule has 0 aliphatic carbocycles. The van der Waals surface area contributed by atoms with Gasteiger partial charge in [-0.1, -0.05) is 19.8 Å². The van der Waals surface area contributed by atoms with E-state index in [1.807, 2.05) is 6.92 Å². The molecule has 0 saturated heterocycles. The van der Waals surface area contributed by atoms with E-state index in [2.05, 4.69) is 6.92 Å². The molecule has 2 heteroatoms. The van der Waals surface area contributed by atoms with Gasteiger partial charge >= 0.3 is 37.7 Å². The fraction of sp³-hybridized carbons (Fsp3) is 1.00. The third kappa shape index (κ3) is 10.3. The van der Waals surface area contributed by atoms with Crippen LogP contribution in [0.2, 0.25) is 0 Å². The Morgan fingerprint density at radius 1 is 1.50 bits per heavy atom. The molecule has 0 bridgehead atoms. The van der Waals surface area contributed by atoms with Gasteiger partial charge in [0, 0.05) is 0 Å². The molecule has 0 saturated carbocycles. The predicted molar refractivity (Wildman–Crippen MR) is 39.7 cm³/mol. The molecular weight excluding hydrogens is 128 g/mol. The summed E-state index contributed by atoms with van der Waals surface area (Å²) in [5.74, 6) is 0. The summed E-state index contributed by atoms with van der Waals surface area (Å²) in [7, 11) is 0. The van der Waals surface area contributed by atoms with Crippen molar-refractivity contribution in [3.05, 3.63) is 0 Å². The average molecular weight is 144 g/mol. The monoisotopic (exact) mass is 144 g/mol. The molecule has 0 radical (unpaired) electrons. The molecule has 0 fully saturated rings. The van der Waals surface area contributed by atoms with Crippen LogP contribution in [0.3, 0.4) is 0 Å². The van der Waals surface area contributed by atoms with Crippen LogP contribution in [0.25, 0.3) is 0 Å². The summed E-state index contributed by atoms with van der Waals surface area (Å²) >= 11 is 0. The van der Waals surface area contributed by atoms with Gasteiger partial charge in [0.15, 0.2) is 0 Å². The minimum absolute atomic E-state index is 0. The summed E-state index contributed by atoms with van der Waals surface area (Å²) in [5.41, 5.74) is 0. The van der Waals surface area contributed by atoms with Crippen LogP contribution < -0.4 is 0 Å². The van der Waals surface area contributed by atoms with E-state index in [1.165, 1.54) is 6.42 Å². The van der Waals surface area contributed by atoms with Gasteiger partial charge in [0.2, 0.25) is 0 Å². The molecule has 1 unspecified atom stereocenters. The van der Waals surface area contributed by atoms with Crippen molar-refractivity contribution in [3.63, 3.8) is 0 Å². The number of hydrogen-bond acceptors (Lipinski definition) is 1. The van der Waals surface area contributed by atoms with Gasteiger partial charge in [-0.3, -0.25) is 0 Å². The Morgan fingerprint density at radius 3 is 2.12 bits per heavy atom. The van der Waals surface area contributed by atoms with Crippen LogP contribution in [0.15, 0.2) is 0 Å². The van der Waals surface area contributed by atoms with Gasteiger partial charge in [-0.05, 0) is 13.3 Å². The molecule has 0 spiro atoms. The Morgan fingerprint density at radius 2 is 2.00 bits per heavy atom. The fourth-order valence-electron chi connectivity index (χ4n) is 0.500. The molecule has 0 heterocycles. The zero-order chi connectivity index (χ0) is 5.70. The SMILES string of the molecule is CCCCC(C)O.[CaH2]. The molecule has 0 aromatic rings. The van der Waals surface area contributed by atoms with Crippen molar-refractivity contribution >= 4 is 37.7 Å².